The Hall–Kier alpha value is -3.16. The number of Topliss-reactive ketones (excluding diaryl/α,β-unsaturated/α-hetero) is 1. The molecular weight excluding hydrogens is 384 g/mol. The molecule has 0 bridgehead atoms. The van der Waals surface area contributed by atoms with Crippen LogP contribution in [0.2, 0.25) is 0 Å². The molecule has 0 unspecified atom stereocenters. The first kappa shape index (κ1) is 23.1. The molecule has 2 amide bonds. The van der Waals surface area contributed by atoms with Crippen LogP contribution >= 0.6 is 0 Å². The molecule has 1 N–H and O–H groups in total. The molecule has 2 aromatic rings. The Balaban J connectivity index is 2.38. The van der Waals surface area contributed by atoms with Gasteiger partial charge in [0.1, 0.15) is 5.69 Å². The number of carbonyl (C=O) groups is 3. The summed E-state index contributed by atoms with van der Waals surface area (Å²) in [6.07, 6.45) is 3.29. The number of nitrogens with one attached hydrogen (secondary N) is 1. The lowest BCUT2D eigenvalue weighted by Crippen LogP contribution is -2.44. The van der Waals surface area contributed by atoms with Crippen LogP contribution in [0.25, 0.3) is 0 Å². The number of hydrogen-bond donors (Lipinski definition) is 1. The van der Waals surface area contributed by atoms with E-state index in [2.05, 4.69) is 10.3 Å². The molecule has 30 heavy (non-hydrogen) atoms. The molecule has 0 aromatic carbocycles. The van der Waals surface area contributed by atoms with Crippen molar-refractivity contribution in [2.75, 3.05) is 13.7 Å². The van der Waals surface area contributed by atoms with Gasteiger partial charge in [-0.1, -0.05) is 0 Å². The van der Waals surface area contributed by atoms with E-state index in [1.54, 1.807) is 42.9 Å². The number of aromatic nitrogens is 2. The number of rotatable bonds is 8. The van der Waals surface area contributed by atoms with Crippen molar-refractivity contribution in [3.8, 4) is 0 Å². The van der Waals surface area contributed by atoms with Crippen LogP contribution in [-0.2, 0) is 17.8 Å². The molecule has 0 atom stereocenters. The van der Waals surface area contributed by atoms with Crippen molar-refractivity contribution >= 4 is 17.8 Å². The molecule has 8 nitrogen and oxygen atoms in total. The number of nitrogens with zero attached hydrogens (tertiary/aromatic N) is 3. The summed E-state index contributed by atoms with van der Waals surface area (Å²) in [7, 11) is 1.32. The Morgan fingerprint density at radius 3 is 2.37 bits per heavy atom. The number of pyridine rings is 1. The number of hydrogen-bond acceptors (Lipinski definition) is 5. The standard InChI is InChI=1S/C22H30N4O4/c1-7-26-16(5)19(15(4)20(26)21(28)30-6)18(27)13-25(22(29)24-14(2)3)12-17-8-10-23-11-9-17/h8-11,14H,7,12-13H2,1-6H3,(H,24,29). The van der Waals surface area contributed by atoms with Gasteiger partial charge in [-0.05, 0) is 57.9 Å². The zero-order valence-electron chi connectivity index (χ0n) is 18.5. The van der Waals surface area contributed by atoms with Gasteiger partial charge in [-0.25, -0.2) is 9.59 Å². The zero-order chi connectivity index (χ0) is 22.4. The third-order valence-electron chi connectivity index (χ3n) is 4.90. The van der Waals surface area contributed by atoms with Crippen LogP contribution in [0.5, 0.6) is 0 Å². The third-order valence-corrected chi connectivity index (χ3v) is 4.90. The molecular formula is C22H30N4O4. The minimum atomic E-state index is -0.484. The molecule has 0 radical (unpaired) electrons. The molecule has 0 aliphatic carbocycles. The van der Waals surface area contributed by atoms with E-state index in [0.29, 0.717) is 29.1 Å². The Labute approximate surface area is 177 Å². The number of carbonyl (C=O) groups excluding carboxylic acids is 3. The lowest BCUT2D eigenvalue weighted by Gasteiger charge is -2.24. The van der Waals surface area contributed by atoms with Crippen LogP contribution in [-0.4, -0.2) is 51.9 Å². The van der Waals surface area contributed by atoms with Gasteiger partial charge in [0.2, 0.25) is 0 Å². The first-order chi connectivity index (χ1) is 14.2. The number of amides is 2. The summed E-state index contributed by atoms with van der Waals surface area (Å²) in [4.78, 5) is 43.7. The lowest BCUT2D eigenvalue weighted by atomic mass is 10.0. The molecule has 0 aliphatic heterocycles. The molecule has 2 aromatic heterocycles. The summed E-state index contributed by atoms with van der Waals surface area (Å²) in [5.74, 6) is -0.710. The van der Waals surface area contributed by atoms with E-state index in [-0.39, 0.29) is 30.9 Å². The summed E-state index contributed by atoms with van der Waals surface area (Å²) in [5, 5.41) is 2.84. The van der Waals surface area contributed by atoms with Crippen molar-refractivity contribution in [1.29, 1.82) is 0 Å². The fourth-order valence-corrected chi connectivity index (χ4v) is 3.56. The van der Waals surface area contributed by atoms with Gasteiger partial charge in [0.05, 0.1) is 13.7 Å². The SMILES string of the molecule is CCn1c(C)c(C(=O)CN(Cc2ccncc2)C(=O)NC(C)C)c(C)c1C(=O)OC. The molecule has 162 valence electrons. The highest BCUT2D eigenvalue weighted by Crippen LogP contribution is 2.24. The van der Waals surface area contributed by atoms with E-state index in [1.807, 2.05) is 20.8 Å². The Morgan fingerprint density at radius 1 is 1.20 bits per heavy atom. The van der Waals surface area contributed by atoms with Gasteiger partial charge in [-0.15, -0.1) is 0 Å². The van der Waals surface area contributed by atoms with Crippen LogP contribution < -0.4 is 5.32 Å². The van der Waals surface area contributed by atoms with Gasteiger partial charge in [0.25, 0.3) is 0 Å². The number of methoxy groups -OCH3 is 1. The second-order valence-electron chi connectivity index (χ2n) is 7.41. The Kier molecular flexibility index (Phi) is 7.74. The van der Waals surface area contributed by atoms with Gasteiger partial charge in [0.15, 0.2) is 5.78 Å². The zero-order valence-corrected chi connectivity index (χ0v) is 18.5. The molecule has 0 fully saturated rings. The van der Waals surface area contributed by atoms with E-state index in [1.165, 1.54) is 12.0 Å². The van der Waals surface area contributed by atoms with Gasteiger partial charge < -0.3 is 19.5 Å². The molecule has 0 aliphatic rings. The van der Waals surface area contributed by atoms with E-state index in [4.69, 9.17) is 4.74 Å². The fraction of sp³-hybridized carbons (Fsp3) is 0.455. The third kappa shape index (κ3) is 5.06. The Bertz CT molecular complexity index is 919. The van der Waals surface area contributed by atoms with Crippen molar-refractivity contribution in [3.63, 3.8) is 0 Å². The van der Waals surface area contributed by atoms with Gasteiger partial charge in [-0.3, -0.25) is 9.78 Å². The highest BCUT2D eigenvalue weighted by atomic mass is 16.5. The minimum absolute atomic E-state index is 0.0666. The predicted octanol–water partition coefficient (Wildman–Crippen LogP) is 3.11. The van der Waals surface area contributed by atoms with E-state index < -0.39 is 5.97 Å². The van der Waals surface area contributed by atoms with Crippen LogP contribution in [0, 0.1) is 13.8 Å². The van der Waals surface area contributed by atoms with Crippen LogP contribution in [0.4, 0.5) is 4.79 Å². The molecule has 2 rings (SSSR count). The van der Waals surface area contributed by atoms with Gasteiger partial charge >= 0.3 is 12.0 Å². The summed E-state index contributed by atoms with van der Waals surface area (Å²) in [6.45, 7) is 9.85. The number of urea groups is 1. The highest BCUT2D eigenvalue weighted by Gasteiger charge is 2.28. The topological polar surface area (TPSA) is 93.5 Å². The van der Waals surface area contributed by atoms with E-state index >= 15 is 0 Å². The van der Waals surface area contributed by atoms with Crippen molar-refractivity contribution in [1.82, 2.24) is 19.8 Å². The smallest absolute Gasteiger partial charge is 0.354 e. The first-order valence-corrected chi connectivity index (χ1v) is 9.96. The van der Waals surface area contributed by atoms with Crippen LogP contribution in [0.3, 0.4) is 0 Å². The summed E-state index contributed by atoms with van der Waals surface area (Å²) < 4.78 is 6.67. The first-order valence-electron chi connectivity index (χ1n) is 9.96. The maximum Gasteiger partial charge on any atom is 0.354 e. The second kappa shape index (κ2) is 10.0. The molecule has 2 heterocycles. The maximum atomic E-state index is 13.3. The average Bonchev–Trinajstić information content (AvgIpc) is 2.96. The predicted molar refractivity (Wildman–Crippen MR) is 114 cm³/mol. The van der Waals surface area contributed by atoms with Crippen molar-refractivity contribution in [3.05, 3.63) is 52.6 Å². The van der Waals surface area contributed by atoms with Crippen LogP contribution in [0.1, 0.15) is 58.4 Å². The van der Waals surface area contributed by atoms with E-state index in [9.17, 15) is 14.4 Å². The molecule has 8 heteroatoms. The van der Waals surface area contributed by atoms with Crippen LogP contribution in [0.15, 0.2) is 24.5 Å². The monoisotopic (exact) mass is 414 g/mol. The molecule has 0 spiro atoms. The summed E-state index contributed by atoms with van der Waals surface area (Å²) in [6, 6.07) is 3.22. The number of ether oxygens (including phenoxy) is 1. The van der Waals surface area contributed by atoms with E-state index in [0.717, 1.165) is 5.56 Å². The minimum Gasteiger partial charge on any atom is -0.464 e. The van der Waals surface area contributed by atoms with Gasteiger partial charge in [0, 0.05) is 42.8 Å². The van der Waals surface area contributed by atoms with Gasteiger partial charge in [-0.2, -0.15) is 0 Å². The van der Waals surface area contributed by atoms with Crippen molar-refractivity contribution in [2.24, 2.45) is 0 Å². The molecule has 0 saturated carbocycles. The average molecular weight is 415 g/mol. The lowest BCUT2D eigenvalue weighted by molar-refractivity contribution is 0.0587. The normalized spacial score (nSPS) is 10.8. The van der Waals surface area contributed by atoms with Crippen molar-refractivity contribution < 1.29 is 19.1 Å². The second-order valence-corrected chi connectivity index (χ2v) is 7.41. The Morgan fingerprint density at radius 2 is 1.83 bits per heavy atom. The number of ketones is 1. The molecule has 0 saturated heterocycles. The maximum absolute atomic E-state index is 13.3. The number of esters is 1. The largest absolute Gasteiger partial charge is 0.464 e. The summed E-state index contributed by atoms with van der Waals surface area (Å²) in [5.41, 5.74) is 2.95. The van der Waals surface area contributed by atoms with Crippen molar-refractivity contribution in [2.45, 2.75) is 53.8 Å². The summed E-state index contributed by atoms with van der Waals surface area (Å²) >= 11 is 0. The quantitative estimate of drug-likeness (QED) is 0.529. The highest BCUT2D eigenvalue weighted by molar-refractivity contribution is 6.04. The fourth-order valence-electron chi connectivity index (χ4n) is 3.56.